The highest BCUT2D eigenvalue weighted by Crippen LogP contribution is 2.33. The molecule has 0 bridgehead atoms. The maximum atomic E-state index is 13.1. The predicted molar refractivity (Wildman–Crippen MR) is 88.9 cm³/mol. The summed E-state index contributed by atoms with van der Waals surface area (Å²) in [5.41, 5.74) is 1.78. The largest absolute Gasteiger partial charge is 0.334 e. The van der Waals surface area contributed by atoms with Crippen LogP contribution in [0.3, 0.4) is 0 Å². The van der Waals surface area contributed by atoms with Crippen LogP contribution in [0.4, 0.5) is 4.39 Å². The lowest BCUT2D eigenvalue weighted by molar-refractivity contribution is 0.0732. The summed E-state index contributed by atoms with van der Waals surface area (Å²) >= 11 is 0. The van der Waals surface area contributed by atoms with Crippen molar-refractivity contribution in [1.29, 1.82) is 0 Å². The first-order chi connectivity index (χ1) is 11.7. The van der Waals surface area contributed by atoms with E-state index in [4.69, 9.17) is 0 Å². The molecule has 2 aliphatic rings. The third-order valence-corrected chi connectivity index (χ3v) is 5.15. The van der Waals surface area contributed by atoms with Crippen molar-refractivity contribution in [3.63, 3.8) is 0 Å². The van der Waals surface area contributed by atoms with Crippen LogP contribution >= 0.6 is 0 Å². The number of hydrogen-bond donors (Lipinski definition) is 0. The minimum atomic E-state index is -0.311. The van der Waals surface area contributed by atoms with Gasteiger partial charge in [0.05, 0.1) is 0 Å². The first-order valence-electron chi connectivity index (χ1n) is 8.42. The summed E-state index contributed by atoms with van der Waals surface area (Å²) < 4.78 is 13.1. The van der Waals surface area contributed by atoms with Gasteiger partial charge in [0.15, 0.2) is 0 Å². The van der Waals surface area contributed by atoms with Gasteiger partial charge in [0.2, 0.25) is 0 Å². The predicted octanol–water partition coefficient (Wildman–Crippen LogP) is 2.71. The summed E-state index contributed by atoms with van der Waals surface area (Å²) in [5, 5.41) is 0. The number of carbonyl (C=O) groups excluding carboxylic acids is 1. The lowest BCUT2D eigenvalue weighted by atomic mass is 10.1. The minimum Gasteiger partial charge on any atom is -0.334 e. The van der Waals surface area contributed by atoms with E-state index in [0.29, 0.717) is 11.6 Å². The third-order valence-electron chi connectivity index (χ3n) is 5.15. The maximum Gasteiger partial charge on any atom is 0.254 e. The van der Waals surface area contributed by atoms with Gasteiger partial charge in [-0.05, 0) is 48.7 Å². The van der Waals surface area contributed by atoms with E-state index in [2.05, 4.69) is 16.0 Å². The van der Waals surface area contributed by atoms with Crippen molar-refractivity contribution in [3.05, 3.63) is 65.7 Å². The molecule has 2 atom stereocenters. The van der Waals surface area contributed by atoms with Gasteiger partial charge < -0.3 is 4.90 Å². The molecule has 1 aromatic heterocycles. The van der Waals surface area contributed by atoms with Gasteiger partial charge in [-0.3, -0.25) is 14.7 Å². The third kappa shape index (κ3) is 2.80. The van der Waals surface area contributed by atoms with Crippen LogP contribution in [0.1, 0.15) is 28.8 Å². The van der Waals surface area contributed by atoms with Crippen LogP contribution < -0.4 is 0 Å². The molecule has 1 amide bonds. The molecule has 0 spiro atoms. The van der Waals surface area contributed by atoms with Gasteiger partial charge in [-0.15, -0.1) is 0 Å². The molecule has 0 N–H and O–H groups in total. The van der Waals surface area contributed by atoms with E-state index >= 15 is 0 Å². The number of fused-ring (bicyclic) bond motifs is 1. The van der Waals surface area contributed by atoms with Gasteiger partial charge in [-0.2, -0.15) is 0 Å². The van der Waals surface area contributed by atoms with E-state index in [0.717, 1.165) is 32.5 Å². The molecule has 0 saturated carbocycles. The number of carbonyl (C=O) groups is 1. The minimum absolute atomic E-state index is 0.0192. The molecule has 5 heteroatoms. The SMILES string of the molecule is O=C(c1ccc(F)cc1)N1CC[C@@H]2[C@@H]1CCN2Cc1cccnc1. The molecule has 2 saturated heterocycles. The Labute approximate surface area is 140 Å². The maximum absolute atomic E-state index is 13.1. The van der Waals surface area contributed by atoms with Crippen molar-refractivity contribution in [1.82, 2.24) is 14.8 Å². The molecule has 124 valence electrons. The molecule has 3 heterocycles. The Hall–Kier alpha value is -2.27. The molecule has 2 fully saturated rings. The van der Waals surface area contributed by atoms with E-state index in [1.165, 1.54) is 17.7 Å². The molecule has 2 aliphatic heterocycles. The van der Waals surface area contributed by atoms with Gasteiger partial charge in [-0.25, -0.2) is 4.39 Å². The van der Waals surface area contributed by atoms with Crippen molar-refractivity contribution >= 4 is 5.91 Å². The number of benzene rings is 1. The zero-order valence-electron chi connectivity index (χ0n) is 13.4. The van der Waals surface area contributed by atoms with Crippen LogP contribution in [0.15, 0.2) is 48.8 Å². The number of nitrogens with zero attached hydrogens (tertiary/aromatic N) is 3. The number of pyridine rings is 1. The number of hydrogen-bond acceptors (Lipinski definition) is 3. The summed E-state index contributed by atoms with van der Waals surface area (Å²) in [4.78, 5) is 21.4. The molecule has 0 aliphatic carbocycles. The van der Waals surface area contributed by atoms with E-state index < -0.39 is 0 Å². The summed E-state index contributed by atoms with van der Waals surface area (Å²) in [6, 6.07) is 10.6. The first-order valence-corrected chi connectivity index (χ1v) is 8.42. The number of rotatable bonds is 3. The molecule has 1 aromatic carbocycles. The van der Waals surface area contributed by atoms with Crippen molar-refractivity contribution in [2.75, 3.05) is 13.1 Å². The second-order valence-electron chi connectivity index (χ2n) is 6.55. The van der Waals surface area contributed by atoms with Crippen LogP contribution in [-0.2, 0) is 6.54 Å². The molecule has 0 radical (unpaired) electrons. The zero-order chi connectivity index (χ0) is 16.5. The van der Waals surface area contributed by atoms with Crippen molar-refractivity contribution in [2.45, 2.75) is 31.5 Å². The Kier molecular flexibility index (Phi) is 4.02. The van der Waals surface area contributed by atoms with E-state index in [1.54, 1.807) is 18.3 Å². The smallest absolute Gasteiger partial charge is 0.254 e. The van der Waals surface area contributed by atoms with Gasteiger partial charge in [0.1, 0.15) is 5.82 Å². The average molecular weight is 325 g/mol. The standard InChI is InChI=1S/C19H20FN3O/c20-16-5-3-15(4-6-16)19(24)23-11-8-17-18(23)7-10-22(17)13-14-2-1-9-21-12-14/h1-6,9,12,17-18H,7-8,10-11,13H2/t17-,18+/m1/s1. The molecular weight excluding hydrogens is 305 g/mol. The van der Waals surface area contributed by atoms with Crippen LogP contribution in [0.5, 0.6) is 0 Å². The number of aromatic nitrogens is 1. The Balaban J connectivity index is 1.46. The van der Waals surface area contributed by atoms with E-state index in [9.17, 15) is 9.18 Å². The molecule has 0 unspecified atom stereocenters. The number of halogens is 1. The Morgan fingerprint density at radius 1 is 1.12 bits per heavy atom. The Morgan fingerprint density at radius 3 is 2.67 bits per heavy atom. The Bertz CT molecular complexity index is 719. The molecule has 24 heavy (non-hydrogen) atoms. The lowest BCUT2D eigenvalue weighted by Gasteiger charge is -2.25. The second-order valence-corrected chi connectivity index (χ2v) is 6.55. The van der Waals surface area contributed by atoms with Crippen molar-refractivity contribution in [3.8, 4) is 0 Å². The normalized spacial score (nSPS) is 23.5. The number of amides is 1. The molecular formula is C19H20FN3O. The fraction of sp³-hybridized carbons (Fsp3) is 0.368. The lowest BCUT2D eigenvalue weighted by Crippen LogP contribution is -2.39. The highest BCUT2D eigenvalue weighted by molar-refractivity contribution is 5.94. The van der Waals surface area contributed by atoms with Gasteiger partial charge in [-0.1, -0.05) is 6.07 Å². The van der Waals surface area contributed by atoms with Crippen molar-refractivity contribution in [2.24, 2.45) is 0 Å². The van der Waals surface area contributed by atoms with Gasteiger partial charge in [0.25, 0.3) is 5.91 Å². The summed E-state index contributed by atoms with van der Waals surface area (Å²) in [6.07, 6.45) is 5.69. The quantitative estimate of drug-likeness (QED) is 0.871. The van der Waals surface area contributed by atoms with Crippen LogP contribution in [-0.4, -0.2) is 45.9 Å². The second kappa shape index (κ2) is 6.32. The Morgan fingerprint density at radius 2 is 1.92 bits per heavy atom. The zero-order valence-corrected chi connectivity index (χ0v) is 13.4. The topological polar surface area (TPSA) is 36.4 Å². The van der Waals surface area contributed by atoms with E-state index in [1.807, 2.05) is 17.2 Å². The van der Waals surface area contributed by atoms with Gasteiger partial charge >= 0.3 is 0 Å². The fourth-order valence-electron chi connectivity index (χ4n) is 4.01. The molecule has 4 rings (SSSR count). The monoisotopic (exact) mass is 325 g/mol. The van der Waals surface area contributed by atoms with Crippen LogP contribution in [0.2, 0.25) is 0 Å². The summed E-state index contributed by atoms with van der Waals surface area (Å²) in [7, 11) is 0. The summed E-state index contributed by atoms with van der Waals surface area (Å²) in [6.45, 7) is 2.65. The number of likely N-dealkylation sites (tertiary alicyclic amines) is 2. The highest BCUT2D eigenvalue weighted by atomic mass is 19.1. The van der Waals surface area contributed by atoms with Crippen molar-refractivity contribution < 1.29 is 9.18 Å². The fourth-order valence-corrected chi connectivity index (χ4v) is 4.01. The van der Waals surface area contributed by atoms with E-state index in [-0.39, 0.29) is 17.8 Å². The average Bonchev–Trinajstić information content (AvgIpc) is 3.19. The van der Waals surface area contributed by atoms with Crippen LogP contribution in [0, 0.1) is 5.82 Å². The first kappa shape index (κ1) is 15.3. The van der Waals surface area contributed by atoms with Gasteiger partial charge in [0, 0.05) is 49.7 Å². The molecule has 4 nitrogen and oxygen atoms in total. The van der Waals surface area contributed by atoms with Crippen LogP contribution in [0.25, 0.3) is 0 Å². The highest BCUT2D eigenvalue weighted by Gasteiger charge is 2.44. The molecule has 2 aromatic rings. The summed E-state index contributed by atoms with van der Waals surface area (Å²) in [5.74, 6) is -0.292.